The number of carbonyl (C=O) groups excluding carboxylic acids is 1. The van der Waals surface area contributed by atoms with E-state index >= 15 is 0 Å². The molecule has 9 heteroatoms. The molecule has 378 valence electrons. The average Bonchev–Trinajstić information content (AvgIpc) is 3.29. The molecular weight excluding hydrogens is 803 g/mol. The van der Waals surface area contributed by atoms with E-state index in [0.717, 1.165) is 38.5 Å². The normalized spacial score (nSPS) is 20.1. The van der Waals surface area contributed by atoms with Crippen LogP contribution in [-0.2, 0) is 14.3 Å². The molecule has 0 aromatic heterocycles. The fourth-order valence-corrected chi connectivity index (χ4v) is 8.86. The molecule has 1 aliphatic rings. The Morgan fingerprint density at radius 2 is 0.875 bits per heavy atom. The summed E-state index contributed by atoms with van der Waals surface area (Å²) in [4.78, 5) is 13.0. The third-order valence-electron chi connectivity index (χ3n) is 13.3. The molecule has 1 fully saturated rings. The molecule has 1 aliphatic heterocycles. The summed E-state index contributed by atoms with van der Waals surface area (Å²) in [6.07, 6.45) is 49.5. The van der Waals surface area contributed by atoms with Crippen molar-refractivity contribution in [3.63, 3.8) is 0 Å². The molecule has 0 saturated carbocycles. The maximum absolute atomic E-state index is 13.0. The van der Waals surface area contributed by atoms with E-state index in [9.17, 15) is 30.3 Å². The summed E-state index contributed by atoms with van der Waals surface area (Å²) in [5.74, 6) is -0.175. The summed E-state index contributed by atoms with van der Waals surface area (Å²) in [6, 6.07) is -0.803. The smallest absolute Gasteiger partial charge is 0.220 e. The van der Waals surface area contributed by atoms with E-state index in [4.69, 9.17) is 9.47 Å². The molecule has 6 N–H and O–H groups in total. The Balaban J connectivity index is 2.21. The first kappa shape index (κ1) is 60.7. The Kier molecular flexibility index (Phi) is 43.1. The Morgan fingerprint density at radius 3 is 1.27 bits per heavy atom. The van der Waals surface area contributed by atoms with Gasteiger partial charge in [-0.25, -0.2) is 0 Å². The second-order valence-electron chi connectivity index (χ2n) is 19.4. The lowest BCUT2D eigenvalue weighted by molar-refractivity contribution is -0.302. The van der Waals surface area contributed by atoms with Crippen LogP contribution < -0.4 is 5.32 Å². The predicted molar refractivity (Wildman–Crippen MR) is 267 cm³/mol. The van der Waals surface area contributed by atoms with Gasteiger partial charge in [0.15, 0.2) is 6.29 Å². The van der Waals surface area contributed by atoms with Crippen LogP contribution in [0.2, 0.25) is 0 Å². The molecule has 1 heterocycles. The number of carbonyl (C=O) groups is 1. The third kappa shape index (κ3) is 34.9. The number of aliphatic hydroxyl groups excluding tert-OH is 5. The lowest BCUT2D eigenvalue weighted by atomic mass is 9.99. The number of nitrogens with one attached hydrogen (secondary N) is 1. The summed E-state index contributed by atoms with van der Waals surface area (Å²) in [5, 5.41) is 54.4. The Hall–Kier alpha value is -1.33. The number of amides is 1. The lowest BCUT2D eigenvalue weighted by Gasteiger charge is -2.40. The number of hydrogen-bond donors (Lipinski definition) is 6. The van der Waals surface area contributed by atoms with E-state index in [1.54, 1.807) is 6.08 Å². The van der Waals surface area contributed by atoms with Gasteiger partial charge in [-0.1, -0.05) is 237 Å². The summed E-state index contributed by atoms with van der Waals surface area (Å²) in [7, 11) is 0. The quantitative estimate of drug-likeness (QED) is 0.0261. The molecule has 0 aliphatic carbocycles. The second kappa shape index (κ2) is 45.5. The minimum absolute atomic E-state index is 0.175. The summed E-state index contributed by atoms with van der Waals surface area (Å²) in [5.41, 5.74) is 0. The van der Waals surface area contributed by atoms with Gasteiger partial charge in [0.1, 0.15) is 24.4 Å². The zero-order chi connectivity index (χ0) is 46.6. The number of ether oxygens (including phenoxy) is 2. The van der Waals surface area contributed by atoms with Crippen molar-refractivity contribution in [1.29, 1.82) is 0 Å². The van der Waals surface area contributed by atoms with Crippen molar-refractivity contribution in [2.45, 2.75) is 307 Å². The van der Waals surface area contributed by atoms with Crippen LogP contribution in [0.5, 0.6) is 0 Å². The molecule has 64 heavy (non-hydrogen) atoms. The fraction of sp³-hybridized carbons (Fsp3) is 0.909. The number of aliphatic hydroxyl groups is 5. The molecule has 7 atom stereocenters. The average molecular weight is 908 g/mol. The van der Waals surface area contributed by atoms with Gasteiger partial charge in [0.25, 0.3) is 0 Å². The van der Waals surface area contributed by atoms with Gasteiger partial charge < -0.3 is 40.3 Å². The standard InChI is InChI=1S/C55H105NO8/c1-3-5-7-9-11-13-15-17-19-20-21-22-23-24-25-26-27-28-29-31-33-35-37-39-41-43-45-51(59)56-48(47-63-55-54(62)53(61)52(60)50(46-57)64-55)49(58)44-42-40-38-36-34-32-30-18-16-14-12-10-8-6-4-2/h24-25,42,44,48-50,52-55,57-58,60-62H,3-23,26-41,43,45-47H2,1-2H3,(H,56,59)/b25-24-,44-42+. The molecule has 0 aromatic rings. The SMILES string of the molecule is CCCCCCCCCCCCCC/C=C\CCCCCCCCCCCCC(=O)NC(COC1OC(CO)C(O)C(O)C1O)C(O)/C=C/CCCCCCCCCCCCCCC. The van der Waals surface area contributed by atoms with Gasteiger partial charge in [-0.05, 0) is 44.9 Å². The number of hydrogen-bond acceptors (Lipinski definition) is 8. The van der Waals surface area contributed by atoms with Crippen molar-refractivity contribution in [1.82, 2.24) is 5.32 Å². The first-order valence-electron chi connectivity index (χ1n) is 27.6. The van der Waals surface area contributed by atoms with Gasteiger partial charge in [-0.2, -0.15) is 0 Å². The highest BCUT2D eigenvalue weighted by Crippen LogP contribution is 2.23. The van der Waals surface area contributed by atoms with Crippen molar-refractivity contribution in [2.24, 2.45) is 0 Å². The first-order chi connectivity index (χ1) is 31.3. The highest BCUT2D eigenvalue weighted by Gasteiger charge is 2.44. The number of allylic oxidation sites excluding steroid dienone is 3. The molecule has 1 saturated heterocycles. The van der Waals surface area contributed by atoms with Crippen LogP contribution in [0, 0.1) is 0 Å². The largest absolute Gasteiger partial charge is 0.394 e. The van der Waals surface area contributed by atoms with Crippen LogP contribution >= 0.6 is 0 Å². The second-order valence-corrected chi connectivity index (χ2v) is 19.4. The van der Waals surface area contributed by atoms with Crippen LogP contribution in [-0.4, -0.2) is 87.5 Å². The molecule has 0 bridgehead atoms. The third-order valence-corrected chi connectivity index (χ3v) is 13.3. The summed E-state index contributed by atoms with van der Waals surface area (Å²) >= 11 is 0. The minimum atomic E-state index is -1.56. The summed E-state index contributed by atoms with van der Waals surface area (Å²) < 4.78 is 11.2. The van der Waals surface area contributed by atoms with Crippen molar-refractivity contribution >= 4 is 5.91 Å². The maximum Gasteiger partial charge on any atom is 0.220 e. The Morgan fingerprint density at radius 1 is 0.516 bits per heavy atom. The molecule has 9 nitrogen and oxygen atoms in total. The van der Waals surface area contributed by atoms with Crippen LogP contribution in [0.15, 0.2) is 24.3 Å². The van der Waals surface area contributed by atoms with Crippen LogP contribution in [0.25, 0.3) is 0 Å². The Bertz CT molecular complexity index is 1060. The van der Waals surface area contributed by atoms with E-state index < -0.39 is 49.5 Å². The van der Waals surface area contributed by atoms with E-state index in [0.29, 0.717) is 6.42 Å². The van der Waals surface area contributed by atoms with Crippen molar-refractivity contribution < 1.29 is 39.8 Å². The Labute approximate surface area is 394 Å². The van der Waals surface area contributed by atoms with Crippen molar-refractivity contribution in [2.75, 3.05) is 13.2 Å². The minimum Gasteiger partial charge on any atom is -0.394 e. The van der Waals surface area contributed by atoms with Gasteiger partial charge in [-0.15, -0.1) is 0 Å². The molecular formula is C55H105NO8. The fourth-order valence-electron chi connectivity index (χ4n) is 8.86. The molecule has 0 radical (unpaired) electrons. The van der Waals surface area contributed by atoms with E-state index in [1.165, 1.54) is 205 Å². The highest BCUT2D eigenvalue weighted by atomic mass is 16.7. The predicted octanol–water partition coefficient (Wildman–Crippen LogP) is 13.0. The van der Waals surface area contributed by atoms with Crippen LogP contribution in [0.3, 0.4) is 0 Å². The topological polar surface area (TPSA) is 149 Å². The summed E-state index contributed by atoms with van der Waals surface area (Å²) in [6.45, 7) is 3.80. The molecule has 0 aromatic carbocycles. The van der Waals surface area contributed by atoms with Crippen LogP contribution in [0.1, 0.15) is 264 Å². The number of unbranched alkanes of at least 4 members (excludes halogenated alkanes) is 35. The van der Waals surface area contributed by atoms with Crippen molar-refractivity contribution in [3.05, 3.63) is 24.3 Å². The van der Waals surface area contributed by atoms with Gasteiger partial charge >= 0.3 is 0 Å². The van der Waals surface area contributed by atoms with Gasteiger partial charge in [0.05, 0.1) is 25.4 Å². The van der Waals surface area contributed by atoms with Gasteiger partial charge in [0.2, 0.25) is 5.91 Å². The molecule has 1 rings (SSSR count). The van der Waals surface area contributed by atoms with E-state index in [2.05, 4.69) is 31.3 Å². The molecule has 0 spiro atoms. The number of rotatable bonds is 47. The highest BCUT2D eigenvalue weighted by molar-refractivity contribution is 5.76. The van der Waals surface area contributed by atoms with Crippen molar-refractivity contribution in [3.8, 4) is 0 Å². The monoisotopic (exact) mass is 908 g/mol. The van der Waals surface area contributed by atoms with Crippen LogP contribution in [0.4, 0.5) is 0 Å². The lowest BCUT2D eigenvalue weighted by Crippen LogP contribution is -2.60. The van der Waals surface area contributed by atoms with E-state index in [1.807, 2.05) is 6.08 Å². The first-order valence-corrected chi connectivity index (χ1v) is 27.6. The van der Waals surface area contributed by atoms with Gasteiger partial charge in [0, 0.05) is 6.42 Å². The zero-order valence-electron chi connectivity index (χ0n) is 41.8. The zero-order valence-corrected chi connectivity index (χ0v) is 41.8. The maximum atomic E-state index is 13.0. The van der Waals surface area contributed by atoms with Gasteiger partial charge in [-0.3, -0.25) is 4.79 Å². The molecule has 7 unspecified atom stereocenters. The molecule has 1 amide bonds. The van der Waals surface area contributed by atoms with E-state index in [-0.39, 0.29) is 12.5 Å².